The second kappa shape index (κ2) is 8.78. The number of carbonyl (C=O) groups is 3. The first-order chi connectivity index (χ1) is 14.5. The molecule has 1 aliphatic heterocycles. The maximum absolute atomic E-state index is 13.4. The summed E-state index contributed by atoms with van der Waals surface area (Å²) in [5.41, 5.74) is 0.0467. The number of hydrogen-bond acceptors (Lipinski definition) is 3. The average molecular weight is 412 g/mol. The molecule has 0 radical (unpaired) electrons. The minimum atomic E-state index is -0.800. The molecule has 2 saturated carbocycles. The third-order valence-electron chi connectivity index (χ3n) is 7.32. The van der Waals surface area contributed by atoms with Gasteiger partial charge in [0.25, 0.3) is 5.91 Å². The first-order valence-corrected chi connectivity index (χ1v) is 11.6. The number of amides is 4. The molecule has 0 unspecified atom stereocenters. The molecule has 2 aliphatic carbocycles. The lowest BCUT2D eigenvalue weighted by Crippen LogP contribution is -2.51. The van der Waals surface area contributed by atoms with Gasteiger partial charge in [-0.1, -0.05) is 50.8 Å². The number of anilines is 1. The van der Waals surface area contributed by atoms with E-state index < -0.39 is 11.6 Å². The lowest BCUT2D eigenvalue weighted by atomic mass is 9.75. The van der Waals surface area contributed by atoms with E-state index in [4.69, 9.17) is 0 Å². The smallest absolute Gasteiger partial charge is 0.323 e. The predicted octanol–water partition coefficient (Wildman–Crippen LogP) is 4.24. The quantitative estimate of drug-likeness (QED) is 0.737. The number of nitrogens with zero attached hydrogens (tertiary/aromatic N) is 2. The van der Waals surface area contributed by atoms with Gasteiger partial charge in [-0.25, -0.2) is 4.79 Å². The van der Waals surface area contributed by atoms with Crippen molar-refractivity contribution in [1.82, 2.24) is 10.2 Å². The highest BCUT2D eigenvalue weighted by molar-refractivity contribution is 6.10. The molecule has 1 heterocycles. The van der Waals surface area contributed by atoms with Crippen LogP contribution in [0.25, 0.3) is 0 Å². The number of rotatable bonds is 5. The summed E-state index contributed by atoms with van der Waals surface area (Å²) in [6.45, 7) is 1.99. The van der Waals surface area contributed by atoms with Gasteiger partial charge < -0.3 is 10.2 Å². The van der Waals surface area contributed by atoms with Crippen molar-refractivity contribution in [2.24, 2.45) is 5.92 Å². The van der Waals surface area contributed by atoms with Crippen molar-refractivity contribution in [2.75, 3.05) is 11.4 Å². The minimum absolute atomic E-state index is 0.128. The van der Waals surface area contributed by atoms with Crippen LogP contribution in [-0.2, 0) is 9.59 Å². The number of carbonyl (C=O) groups excluding carboxylic acids is 3. The maximum Gasteiger partial charge on any atom is 0.325 e. The van der Waals surface area contributed by atoms with Crippen molar-refractivity contribution in [2.45, 2.75) is 82.7 Å². The van der Waals surface area contributed by atoms with Crippen LogP contribution >= 0.6 is 0 Å². The second-order valence-corrected chi connectivity index (χ2v) is 9.15. The molecule has 1 N–H and O–H groups in total. The normalized spacial score (nSPS) is 27.4. The van der Waals surface area contributed by atoms with Gasteiger partial charge in [-0.15, -0.1) is 0 Å². The highest BCUT2D eigenvalue weighted by atomic mass is 16.2. The van der Waals surface area contributed by atoms with E-state index in [1.54, 1.807) is 0 Å². The van der Waals surface area contributed by atoms with Crippen molar-refractivity contribution in [3.05, 3.63) is 30.3 Å². The third-order valence-corrected chi connectivity index (χ3v) is 7.32. The summed E-state index contributed by atoms with van der Waals surface area (Å²) in [5.74, 6) is 0.235. The van der Waals surface area contributed by atoms with Crippen molar-refractivity contribution >= 4 is 23.5 Å². The Morgan fingerprint density at radius 3 is 2.37 bits per heavy atom. The lowest BCUT2D eigenvalue weighted by Gasteiger charge is -2.36. The zero-order chi connectivity index (χ0) is 21.1. The van der Waals surface area contributed by atoms with Crippen LogP contribution in [0.15, 0.2) is 30.3 Å². The van der Waals surface area contributed by atoms with Gasteiger partial charge in [0.05, 0.1) is 0 Å². The van der Waals surface area contributed by atoms with E-state index in [9.17, 15) is 14.4 Å². The van der Waals surface area contributed by atoms with Gasteiger partial charge in [0.15, 0.2) is 0 Å². The van der Waals surface area contributed by atoms with Crippen LogP contribution < -0.4 is 10.2 Å². The number of hydrogen-bond donors (Lipinski definition) is 1. The predicted molar refractivity (Wildman–Crippen MR) is 116 cm³/mol. The number of nitrogens with one attached hydrogen (secondary N) is 1. The molecule has 1 saturated heterocycles. The molecule has 6 heteroatoms. The molecule has 0 aromatic heterocycles. The fourth-order valence-electron chi connectivity index (χ4n) is 5.44. The Hall–Kier alpha value is -2.37. The van der Waals surface area contributed by atoms with E-state index in [-0.39, 0.29) is 24.4 Å². The summed E-state index contributed by atoms with van der Waals surface area (Å²) in [6.07, 6.45) is 9.67. The molecule has 0 atom stereocenters. The molecule has 3 fully saturated rings. The molecular weight excluding hydrogens is 378 g/mol. The lowest BCUT2D eigenvalue weighted by molar-refractivity contribution is -0.135. The number of imide groups is 1. The number of para-hydroxylation sites is 1. The Morgan fingerprint density at radius 2 is 1.73 bits per heavy atom. The van der Waals surface area contributed by atoms with E-state index in [1.807, 2.05) is 35.2 Å². The standard InChI is InChI=1S/C24H33N3O3/c1-2-18-13-15-24(16-14-18)22(29)26(23(30)25-24)17-21(28)27(19-9-5-3-6-10-19)20-11-7-4-8-12-20/h3,5-6,9-10,18,20H,2,4,7-8,11-17H2,1H3,(H,25,30). The van der Waals surface area contributed by atoms with Gasteiger partial charge in [0.1, 0.15) is 12.1 Å². The summed E-state index contributed by atoms with van der Waals surface area (Å²) in [6, 6.07) is 9.36. The second-order valence-electron chi connectivity index (χ2n) is 9.15. The highest BCUT2D eigenvalue weighted by Crippen LogP contribution is 2.38. The molecule has 1 aromatic rings. The SMILES string of the molecule is CCC1CCC2(CC1)NC(=O)N(CC(=O)N(c1ccccc1)C1CCCCC1)C2=O. The van der Waals surface area contributed by atoms with Gasteiger partial charge in [0.2, 0.25) is 5.91 Å². The molecule has 162 valence electrons. The third kappa shape index (κ3) is 3.96. The van der Waals surface area contributed by atoms with Crippen molar-refractivity contribution in [1.29, 1.82) is 0 Å². The Labute approximate surface area is 179 Å². The molecule has 1 spiro atoms. The first kappa shape index (κ1) is 20.9. The van der Waals surface area contributed by atoms with Crippen molar-refractivity contribution in [3.63, 3.8) is 0 Å². The van der Waals surface area contributed by atoms with Gasteiger partial charge in [-0.3, -0.25) is 14.5 Å². The Balaban J connectivity index is 1.51. The Morgan fingerprint density at radius 1 is 1.07 bits per heavy atom. The van der Waals surface area contributed by atoms with Gasteiger partial charge in [-0.2, -0.15) is 0 Å². The van der Waals surface area contributed by atoms with Gasteiger partial charge in [0, 0.05) is 11.7 Å². The molecule has 3 aliphatic rings. The topological polar surface area (TPSA) is 69.7 Å². The number of urea groups is 1. The highest BCUT2D eigenvalue weighted by Gasteiger charge is 2.53. The molecule has 30 heavy (non-hydrogen) atoms. The summed E-state index contributed by atoms with van der Waals surface area (Å²) >= 11 is 0. The average Bonchev–Trinajstić information content (AvgIpc) is 3.00. The zero-order valence-corrected chi connectivity index (χ0v) is 17.9. The van der Waals surface area contributed by atoms with E-state index in [1.165, 1.54) is 6.42 Å². The van der Waals surface area contributed by atoms with Crippen LogP contribution in [0.1, 0.15) is 71.1 Å². The summed E-state index contributed by atoms with van der Waals surface area (Å²) in [4.78, 5) is 42.3. The summed E-state index contributed by atoms with van der Waals surface area (Å²) < 4.78 is 0. The van der Waals surface area contributed by atoms with Crippen LogP contribution in [0.3, 0.4) is 0 Å². The summed E-state index contributed by atoms with van der Waals surface area (Å²) in [5, 5.41) is 2.94. The van der Waals surface area contributed by atoms with Crippen LogP contribution in [0, 0.1) is 5.92 Å². The summed E-state index contributed by atoms with van der Waals surface area (Å²) in [7, 11) is 0. The van der Waals surface area contributed by atoms with Crippen LogP contribution in [0.2, 0.25) is 0 Å². The monoisotopic (exact) mass is 411 g/mol. The van der Waals surface area contributed by atoms with Crippen LogP contribution in [-0.4, -0.2) is 40.9 Å². The fraction of sp³-hybridized carbons (Fsp3) is 0.625. The van der Waals surface area contributed by atoms with E-state index in [0.29, 0.717) is 18.8 Å². The Kier molecular flexibility index (Phi) is 6.11. The molecule has 6 nitrogen and oxygen atoms in total. The molecule has 4 rings (SSSR count). The number of benzene rings is 1. The van der Waals surface area contributed by atoms with Crippen molar-refractivity contribution < 1.29 is 14.4 Å². The van der Waals surface area contributed by atoms with Crippen LogP contribution in [0.5, 0.6) is 0 Å². The van der Waals surface area contributed by atoms with Crippen molar-refractivity contribution in [3.8, 4) is 0 Å². The fourth-order valence-corrected chi connectivity index (χ4v) is 5.44. The van der Waals surface area contributed by atoms with Gasteiger partial charge >= 0.3 is 6.03 Å². The maximum atomic E-state index is 13.4. The molecule has 4 amide bonds. The molecular formula is C24H33N3O3. The first-order valence-electron chi connectivity index (χ1n) is 11.6. The minimum Gasteiger partial charge on any atom is -0.323 e. The Bertz CT molecular complexity index is 780. The van der Waals surface area contributed by atoms with Crippen LogP contribution in [0.4, 0.5) is 10.5 Å². The van der Waals surface area contributed by atoms with E-state index in [0.717, 1.165) is 55.5 Å². The van der Waals surface area contributed by atoms with Gasteiger partial charge in [-0.05, 0) is 56.6 Å². The largest absolute Gasteiger partial charge is 0.325 e. The van der Waals surface area contributed by atoms with E-state index in [2.05, 4.69) is 12.2 Å². The van der Waals surface area contributed by atoms with E-state index >= 15 is 0 Å². The molecule has 0 bridgehead atoms. The zero-order valence-electron chi connectivity index (χ0n) is 17.9. The molecule has 1 aromatic carbocycles.